The van der Waals surface area contributed by atoms with Crippen molar-refractivity contribution in [1.82, 2.24) is 0 Å². The second-order valence-electron chi connectivity index (χ2n) is 13.0. The Morgan fingerprint density at radius 2 is 0.403 bits per heavy atom. The Hall–Kier alpha value is -8.94. The number of carboxylic acid groups (broad SMARTS) is 8. The zero-order chi connectivity index (χ0) is 45.4. The number of carbonyl (C=O) groups is 8. The van der Waals surface area contributed by atoms with Gasteiger partial charge in [-0.25, -0.2) is 38.4 Å². The lowest BCUT2D eigenvalue weighted by atomic mass is 9.99. The van der Waals surface area contributed by atoms with Gasteiger partial charge in [-0.05, 0) is 107 Å². The molecule has 5 aromatic rings. The van der Waals surface area contributed by atoms with E-state index in [1.54, 1.807) is 0 Å². The van der Waals surface area contributed by atoms with E-state index in [9.17, 15) is 79.2 Å². The molecule has 0 amide bonds. The van der Waals surface area contributed by atoms with Crippen LogP contribution in [0, 0.1) is 0 Å². The van der Waals surface area contributed by atoms with Crippen molar-refractivity contribution in [2.45, 2.75) is 26.4 Å². The Kier molecular flexibility index (Phi) is 13.4. The molecule has 0 aliphatic carbocycles. The van der Waals surface area contributed by atoms with E-state index in [0.717, 1.165) is 72.8 Å². The summed E-state index contributed by atoms with van der Waals surface area (Å²) >= 11 is 0. The molecule has 62 heavy (non-hydrogen) atoms. The second kappa shape index (κ2) is 18.8. The largest absolute Gasteiger partial charge is 0.489 e. The van der Waals surface area contributed by atoms with Gasteiger partial charge in [0.1, 0.15) is 49.4 Å². The maximum absolute atomic E-state index is 11.8. The lowest BCUT2D eigenvalue weighted by molar-refractivity contribution is 0.0675. The maximum Gasteiger partial charge on any atom is 0.335 e. The molecule has 0 unspecified atom stereocenters. The summed E-state index contributed by atoms with van der Waals surface area (Å²) in [6, 6.07) is 14.9. The van der Waals surface area contributed by atoms with Crippen molar-refractivity contribution in [1.29, 1.82) is 0 Å². The number of hydrogen-bond acceptors (Lipinski definition) is 12. The highest BCUT2D eigenvalue weighted by Crippen LogP contribution is 2.28. The first-order valence-corrected chi connectivity index (χ1v) is 17.4. The van der Waals surface area contributed by atoms with Gasteiger partial charge in [0.2, 0.25) is 0 Å². The van der Waals surface area contributed by atoms with Crippen LogP contribution in [-0.4, -0.2) is 88.6 Å². The van der Waals surface area contributed by atoms with Crippen molar-refractivity contribution in [2.24, 2.45) is 0 Å². The van der Waals surface area contributed by atoms with E-state index in [2.05, 4.69) is 0 Å². The average molecular weight is 855 g/mol. The molecule has 318 valence electrons. The summed E-state index contributed by atoms with van der Waals surface area (Å²) in [6.07, 6.45) is 0. The highest BCUT2D eigenvalue weighted by atomic mass is 16.5. The Morgan fingerprint density at radius 3 is 0.532 bits per heavy atom. The van der Waals surface area contributed by atoms with E-state index in [4.69, 9.17) is 18.9 Å². The van der Waals surface area contributed by atoms with Crippen molar-refractivity contribution in [3.05, 3.63) is 152 Å². The number of hydrogen-bond donors (Lipinski definition) is 8. The fraction of sp³-hybridized carbons (Fsp3) is 0.0952. The summed E-state index contributed by atoms with van der Waals surface area (Å²) in [6.45, 7) is -1.87. The third-order valence-electron chi connectivity index (χ3n) is 8.70. The molecule has 0 saturated carbocycles. The first-order chi connectivity index (χ1) is 29.3. The molecule has 0 spiro atoms. The Labute approximate surface area is 346 Å². The molecule has 0 saturated heterocycles. The zero-order valence-corrected chi connectivity index (χ0v) is 31.4. The fourth-order valence-electron chi connectivity index (χ4n) is 5.69. The van der Waals surface area contributed by atoms with Gasteiger partial charge in [-0.1, -0.05) is 0 Å². The quantitative estimate of drug-likeness (QED) is 0.0473. The maximum atomic E-state index is 11.8. The third kappa shape index (κ3) is 11.2. The van der Waals surface area contributed by atoms with Gasteiger partial charge in [0, 0.05) is 0 Å². The molecule has 5 aromatic carbocycles. The first kappa shape index (κ1) is 44.2. The highest BCUT2D eigenvalue weighted by Gasteiger charge is 2.20. The van der Waals surface area contributed by atoms with E-state index in [-0.39, 0.29) is 45.3 Å². The molecule has 0 radical (unpaired) electrons. The second-order valence-corrected chi connectivity index (χ2v) is 13.0. The molecular formula is C42H30O20. The van der Waals surface area contributed by atoms with Crippen LogP contribution in [0.3, 0.4) is 0 Å². The smallest absolute Gasteiger partial charge is 0.335 e. The summed E-state index contributed by atoms with van der Waals surface area (Å²) in [5.74, 6) is -12.6. The minimum absolute atomic E-state index is 0.198. The number of rotatable bonds is 20. The summed E-state index contributed by atoms with van der Waals surface area (Å²) < 4.78 is 23.4. The van der Waals surface area contributed by atoms with E-state index in [1.165, 1.54) is 12.1 Å². The van der Waals surface area contributed by atoms with Crippen LogP contribution in [0.2, 0.25) is 0 Å². The lowest BCUT2D eigenvalue weighted by Crippen LogP contribution is -2.12. The molecule has 0 aliphatic heterocycles. The molecule has 5 rings (SSSR count). The van der Waals surface area contributed by atoms with E-state index >= 15 is 0 Å². The van der Waals surface area contributed by atoms with E-state index < -0.39 is 119 Å². The lowest BCUT2D eigenvalue weighted by Gasteiger charge is -2.19. The van der Waals surface area contributed by atoms with Gasteiger partial charge in [0.15, 0.2) is 0 Å². The summed E-state index contributed by atoms with van der Waals surface area (Å²) in [5.41, 5.74) is -2.65. The average Bonchev–Trinajstić information content (AvgIpc) is 3.22. The van der Waals surface area contributed by atoms with Gasteiger partial charge in [0.25, 0.3) is 0 Å². The Morgan fingerprint density at radius 1 is 0.258 bits per heavy atom. The van der Waals surface area contributed by atoms with Crippen LogP contribution < -0.4 is 18.9 Å². The minimum atomic E-state index is -1.47. The van der Waals surface area contributed by atoms with E-state index in [1.807, 2.05) is 0 Å². The molecule has 0 aromatic heterocycles. The van der Waals surface area contributed by atoms with Crippen molar-refractivity contribution in [2.75, 3.05) is 0 Å². The van der Waals surface area contributed by atoms with Crippen LogP contribution in [-0.2, 0) is 26.4 Å². The standard InChI is InChI=1S/C42H30O20/c43-35(44)19-1-20(36(45)46)8-31(7-19)59-15-27-5-29(17-61-33-11-23(39(51)52)3-24(12-33)40(53)54)30(18-62-34-13-25(41(55)56)4-26(14-34)42(57)58)6-28(27)16-60-32-9-21(37(47)48)2-22(10-32)38(49)50/h1-14H,15-18H2,(H,43,44)(H,45,46)(H,47,48)(H,49,50)(H,51,52)(H,53,54)(H,55,56)(H,57,58). The van der Waals surface area contributed by atoms with Crippen molar-refractivity contribution in [3.8, 4) is 23.0 Å². The number of carboxylic acids is 8. The van der Waals surface area contributed by atoms with Crippen LogP contribution in [0.5, 0.6) is 23.0 Å². The third-order valence-corrected chi connectivity index (χ3v) is 8.70. The molecule has 0 atom stereocenters. The van der Waals surface area contributed by atoms with Crippen LogP contribution in [0.15, 0.2) is 84.9 Å². The van der Waals surface area contributed by atoms with Gasteiger partial charge in [-0.2, -0.15) is 0 Å². The number of ether oxygens (including phenoxy) is 4. The molecule has 0 bridgehead atoms. The van der Waals surface area contributed by atoms with Gasteiger partial charge in [-0.15, -0.1) is 0 Å². The highest BCUT2D eigenvalue weighted by molar-refractivity contribution is 5.97. The van der Waals surface area contributed by atoms with Crippen molar-refractivity contribution < 1.29 is 98.2 Å². The van der Waals surface area contributed by atoms with Crippen molar-refractivity contribution in [3.63, 3.8) is 0 Å². The number of benzene rings is 5. The predicted molar refractivity (Wildman–Crippen MR) is 205 cm³/mol. The van der Waals surface area contributed by atoms with Crippen LogP contribution in [0.4, 0.5) is 0 Å². The SMILES string of the molecule is O=C(O)c1cc(OCc2cc(COc3cc(C(=O)O)cc(C(=O)O)c3)c(COc3cc(C(=O)O)cc(C(=O)O)c3)cc2COc2cc(C(=O)O)cc(C(=O)O)c2)cc(C(=O)O)c1. The van der Waals surface area contributed by atoms with Gasteiger partial charge in [-0.3, -0.25) is 0 Å². The van der Waals surface area contributed by atoms with Crippen molar-refractivity contribution >= 4 is 47.8 Å². The zero-order valence-electron chi connectivity index (χ0n) is 31.4. The normalized spacial score (nSPS) is 10.6. The molecule has 0 heterocycles. The summed E-state index contributed by atoms with van der Waals surface area (Å²) in [7, 11) is 0. The Balaban J connectivity index is 1.64. The van der Waals surface area contributed by atoms with Crippen LogP contribution >= 0.6 is 0 Å². The molecule has 20 heteroatoms. The Bertz CT molecular complexity index is 2190. The van der Waals surface area contributed by atoms with Gasteiger partial charge in [0.05, 0.1) is 44.5 Å². The van der Waals surface area contributed by atoms with Gasteiger partial charge < -0.3 is 59.8 Å². The van der Waals surface area contributed by atoms with Crippen LogP contribution in [0.1, 0.15) is 105 Å². The predicted octanol–water partition coefficient (Wildman–Crippen LogP) is 5.59. The minimum Gasteiger partial charge on any atom is -0.489 e. The number of aromatic carboxylic acids is 8. The first-order valence-electron chi connectivity index (χ1n) is 17.4. The fourth-order valence-corrected chi connectivity index (χ4v) is 5.69. The molecule has 8 N–H and O–H groups in total. The van der Waals surface area contributed by atoms with Crippen LogP contribution in [0.25, 0.3) is 0 Å². The molecule has 0 aliphatic rings. The molecule has 20 nitrogen and oxygen atoms in total. The van der Waals surface area contributed by atoms with Gasteiger partial charge >= 0.3 is 47.8 Å². The molecular weight excluding hydrogens is 824 g/mol. The monoisotopic (exact) mass is 854 g/mol. The summed E-state index contributed by atoms with van der Waals surface area (Å²) in [5, 5.41) is 76.6. The molecule has 0 fully saturated rings. The summed E-state index contributed by atoms with van der Waals surface area (Å²) in [4.78, 5) is 94.2. The van der Waals surface area contributed by atoms with E-state index in [0.29, 0.717) is 0 Å². The topological polar surface area (TPSA) is 335 Å².